The van der Waals surface area contributed by atoms with Gasteiger partial charge in [0, 0.05) is 62.0 Å². The Morgan fingerprint density at radius 3 is 0.279 bits per heavy atom. The van der Waals surface area contributed by atoms with Crippen molar-refractivity contribution in [3.05, 3.63) is 0 Å². The number of carboxylic acid groups (broad SMARTS) is 21. The van der Waals surface area contributed by atoms with Gasteiger partial charge in [0.25, 0.3) is 0 Å². The molecule has 0 aliphatic carbocycles. The van der Waals surface area contributed by atoms with Gasteiger partial charge in [-0.3, -0.25) is 43.2 Å². The fraction of sp³-hybridized carbons (Fsp3) is 0.500. The topological polar surface area (TPSA) is 990 Å². The zero-order valence-corrected chi connectivity index (χ0v) is 87.8. The number of aliphatic carboxylic acids is 21. The molecule has 104 heavy (non-hydrogen) atoms. The summed E-state index contributed by atoms with van der Waals surface area (Å²) < 4.78 is 0. The smallest absolute Gasteiger partial charge is 0.550 e. The molecule has 1 unspecified atom stereocenters. The fourth-order valence-electron chi connectivity index (χ4n) is 4.89. The summed E-state index contributed by atoms with van der Waals surface area (Å²) in [6.07, 6.45) is -17.6. The molecule has 0 aliphatic rings. The van der Waals surface area contributed by atoms with Gasteiger partial charge in [-0.25, -0.2) is 0 Å². The predicted molar refractivity (Wildman–Crippen MR) is 232 cm³/mol. The molecule has 526 valence electrons. The first-order valence-electron chi connectivity index (χ1n) is 22.0. The van der Waals surface area contributed by atoms with Crippen molar-refractivity contribution >= 4 is 125 Å². The van der Waals surface area contributed by atoms with Crippen molar-refractivity contribution in [1.29, 1.82) is 0 Å². The van der Waals surface area contributed by atoms with Crippen LogP contribution >= 0.6 is 0 Å². The van der Waals surface area contributed by atoms with Crippen LogP contribution in [0.1, 0.15) is 89.9 Å². The van der Waals surface area contributed by atoms with Gasteiger partial charge < -0.3 is 206 Å². The summed E-state index contributed by atoms with van der Waals surface area (Å²) in [5, 5.41) is 257. The largest absolute Gasteiger partial charge is 1.00 e. The SMILES string of the molecule is O.O=C(O)CC(O)(CC(=O)O)C(=O)[O-].O=C(O)CC(O)(CC(=O)O)C(=O)[O-].O=C(O)CC(O)(CC(=O)O)C(=O)[O-].O=C(O)CC(O)(CC(=O)O)C(=O)[O-].O=C([O-])CC(O)(CC(=O)O)C(=O)[O-].O=C([O-])CC(O)(CC(=O)[O-])C(=O)[O-].O=C([O-])CC(O)(CC(=O)[O-])C(=O)[O-].[K+].[K+].[K+].[K+].[K+].[K+].[Na+].[Na+].[Na+].[Na+].[Na+].[Na+]. The number of hydrogen-bond acceptors (Lipinski definition) is 40. The molecule has 0 bridgehead atoms. The Hall–Kier alpha value is 4.37. The Balaban J connectivity index is -0.0000000431. The molecule has 0 aromatic carbocycles. The number of rotatable bonds is 35. The van der Waals surface area contributed by atoms with Crippen molar-refractivity contribution in [2.75, 3.05) is 0 Å². The summed E-state index contributed by atoms with van der Waals surface area (Å²) >= 11 is 0. The van der Waals surface area contributed by atoms with E-state index in [9.17, 15) is 162 Å². The first-order valence-corrected chi connectivity index (χ1v) is 22.0. The van der Waals surface area contributed by atoms with Crippen molar-refractivity contribution in [3.8, 4) is 0 Å². The fourth-order valence-corrected chi connectivity index (χ4v) is 4.89. The molecule has 18 N–H and O–H groups in total. The van der Waals surface area contributed by atoms with E-state index in [-0.39, 0.29) is 491 Å². The Labute approximate surface area is 967 Å². The number of carboxylic acids is 21. The molecule has 50 nitrogen and oxygen atoms in total. The minimum Gasteiger partial charge on any atom is -0.550 e. The number of carbonyl (C=O) groups excluding carboxylic acids is 12. The van der Waals surface area contributed by atoms with E-state index in [1.54, 1.807) is 0 Å². The van der Waals surface area contributed by atoms with Crippen LogP contribution in [0.5, 0.6) is 0 Å². The summed E-state index contributed by atoms with van der Waals surface area (Å²) in [7, 11) is 0. The van der Waals surface area contributed by atoms with Gasteiger partial charge in [0.1, 0.15) is 39.2 Å². The van der Waals surface area contributed by atoms with Crippen molar-refractivity contribution in [2.45, 2.75) is 129 Å². The summed E-state index contributed by atoms with van der Waals surface area (Å²) in [5.74, 6) is -39.0. The molecule has 0 saturated heterocycles. The Kier molecular flexibility index (Phi) is 123. The number of aliphatic hydroxyl groups is 7. The van der Waals surface area contributed by atoms with Crippen LogP contribution < -0.4 is 547 Å². The number of carbonyl (C=O) groups is 21. The van der Waals surface area contributed by atoms with Crippen LogP contribution in [0.4, 0.5) is 0 Å². The van der Waals surface area contributed by atoms with Gasteiger partial charge in [-0.2, -0.15) is 0 Å². The molecule has 0 aromatic heterocycles. The van der Waals surface area contributed by atoms with Gasteiger partial charge in [0.15, 0.2) is 0 Å². The van der Waals surface area contributed by atoms with Crippen LogP contribution in [-0.2, 0) is 101 Å². The Morgan fingerprint density at radius 1 is 0.173 bits per heavy atom. The molecule has 62 heteroatoms. The second-order valence-electron chi connectivity index (χ2n) is 17.1. The monoisotopic (exact) mass is 1720 g/mol. The molecule has 0 spiro atoms. The van der Waals surface area contributed by atoms with Crippen LogP contribution in [-0.4, -0.2) is 252 Å². The third-order valence-electron chi connectivity index (χ3n) is 8.84. The average molecular weight is 1720 g/mol. The van der Waals surface area contributed by atoms with Crippen LogP contribution in [0.3, 0.4) is 0 Å². The molecule has 0 aromatic rings. The third-order valence-corrected chi connectivity index (χ3v) is 8.84. The second kappa shape index (κ2) is 79.8. The maximum Gasteiger partial charge on any atom is 1.00 e. The first kappa shape index (κ1) is 160. The summed E-state index contributed by atoms with van der Waals surface area (Å²) in [5.41, 5.74) is -20.3. The van der Waals surface area contributed by atoms with E-state index in [1.807, 2.05) is 0 Å². The minimum absolute atomic E-state index is 0. The van der Waals surface area contributed by atoms with E-state index in [0.29, 0.717) is 0 Å². The normalized spacial score (nSPS) is 9.95. The van der Waals surface area contributed by atoms with Crippen LogP contribution in [0.2, 0.25) is 0 Å². The molecule has 0 heterocycles. The standard InChI is InChI=1S/7C6H8O7.6K.6Na.H2O/c7*7-3(8)1-6(13,5(11)12)2-4(9)10;;;;;;;;;;;;;/h7*13H,1-2H2,(H,7,8)(H,9,10)(H,11,12);;;;;;;;;;;;;1H2/q;;;;;;;12*+1;/p-12. The van der Waals surface area contributed by atoms with Crippen molar-refractivity contribution in [3.63, 3.8) is 0 Å². The van der Waals surface area contributed by atoms with E-state index in [2.05, 4.69) is 0 Å². The van der Waals surface area contributed by atoms with Crippen molar-refractivity contribution < 1.29 is 735 Å². The van der Waals surface area contributed by atoms with E-state index in [1.165, 1.54) is 0 Å². The van der Waals surface area contributed by atoms with Gasteiger partial charge >= 0.3 is 539 Å². The average Bonchev–Trinajstić information content (AvgIpc) is 3.26. The molecule has 0 saturated carbocycles. The summed E-state index contributed by atoms with van der Waals surface area (Å²) in [4.78, 5) is 211. The van der Waals surface area contributed by atoms with Gasteiger partial charge in [-0.05, 0) is 0 Å². The summed E-state index contributed by atoms with van der Waals surface area (Å²) in [6, 6.07) is 0. The zero-order chi connectivity index (χ0) is 74.5. The molecular formula is C42H46K6Na6O50. The zero-order valence-electron chi connectivity index (χ0n) is 57.0. The molecule has 1 atom stereocenters. The predicted octanol–water partition coefficient (Wildman–Crippen LogP) is -61.5. The van der Waals surface area contributed by atoms with Gasteiger partial charge in [0.2, 0.25) is 0 Å². The maximum absolute atomic E-state index is 10.2. The van der Waals surface area contributed by atoms with Gasteiger partial charge in [-0.15, -0.1) is 0 Å². The van der Waals surface area contributed by atoms with Gasteiger partial charge in [0.05, 0.1) is 99.6 Å². The quantitative estimate of drug-likeness (QED) is 0.0262. The third kappa shape index (κ3) is 87.2. The van der Waals surface area contributed by atoms with E-state index >= 15 is 0 Å². The number of hydrogen-bond donors (Lipinski definition) is 16. The molecule has 0 aliphatic heterocycles. The molecule has 0 amide bonds. The minimum atomic E-state index is -2.97. The Morgan fingerprint density at radius 2 is 0.231 bits per heavy atom. The van der Waals surface area contributed by atoms with Crippen molar-refractivity contribution in [1.82, 2.24) is 0 Å². The maximum atomic E-state index is 10.2. The molecular weight excluding hydrogens is 1680 g/mol. The van der Waals surface area contributed by atoms with Crippen LogP contribution in [0, 0.1) is 0 Å². The Bertz CT molecular complexity index is 2170. The van der Waals surface area contributed by atoms with Crippen molar-refractivity contribution in [2.24, 2.45) is 0 Å². The molecule has 0 fully saturated rings. The summed E-state index contributed by atoms with van der Waals surface area (Å²) in [6.45, 7) is 0. The van der Waals surface area contributed by atoms with E-state index in [4.69, 9.17) is 81.7 Å². The van der Waals surface area contributed by atoms with Crippen LogP contribution in [0.15, 0.2) is 0 Å². The second-order valence-corrected chi connectivity index (χ2v) is 17.1. The van der Waals surface area contributed by atoms with Gasteiger partial charge in [-0.1, -0.05) is 0 Å². The molecule has 0 rings (SSSR count). The van der Waals surface area contributed by atoms with E-state index < -0.39 is 254 Å². The first-order chi connectivity index (χ1) is 40.4. The van der Waals surface area contributed by atoms with Crippen LogP contribution in [0.25, 0.3) is 0 Å². The van der Waals surface area contributed by atoms with E-state index in [0.717, 1.165) is 0 Å². The molecule has 0 radical (unpaired) electrons.